The fraction of sp³-hybridized carbons (Fsp3) is 0.667. The van der Waals surface area contributed by atoms with Gasteiger partial charge in [0.15, 0.2) is 5.69 Å². The van der Waals surface area contributed by atoms with E-state index < -0.39 is 11.9 Å². The standard InChI is InChI=1S/C12H16F3N3OS.ClH/c13-12(14,15)9-6-20-10(18-9)3-4-17-11(19)7-1-2-8(16)5-7;/h6-8H,1-5,16H2,(H,17,19);1H. The first kappa shape index (κ1) is 18.2. The second-order valence-electron chi connectivity index (χ2n) is 4.94. The van der Waals surface area contributed by atoms with Crippen LogP contribution in [0.5, 0.6) is 0 Å². The fourth-order valence-electron chi connectivity index (χ4n) is 2.25. The average molecular weight is 344 g/mol. The van der Waals surface area contributed by atoms with Gasteiger partial charge in [0.2, 0.25) is 5.91 Å². The van der Waals surface area contributed by atoms with Crippen LogP contribution in [-0.2, 0) is 17.4 Å². The molecule has 1 fully saturated rings. The molecule has 120 valence electrons. The monoisotopic (exact) mass is 343 g/mol. The van der Waals surface area contributed by atoms with Gasteiger partial charge in [-0.05, 0) is 19.3 Å². The molecule has 1 amide bonds. The summed E-state index contributed by atoms with van der Waals surface area (Å²) in [5, 5.41) is 4.10. The van der Waals surface area contributed by atoms with Crippen LogP contribution in [0.4, 0.5) is 13.2 Å². The first-order valence-corrected chi connectivity index (χ1v) is 7.29. The van der Waals surface area contributed by atoms with Crippen LogP contribution < -0.4 is 11.1 Å². The third-order valence-electron chi connectivity index (χ3n) is 3.32. The summed E-state index contributed by atoms with van der Waals surface area (Å²) in [4.78, 5) is 15.3. The lowest BCUT2D eigenvalue weighted by Gasteiger charge is -2.09. The van der Waals surface area contributed by atoms with Crippen LogP contribution in [0.25, 0.3) is 0 Å². The van der Waals surface area contributed by atoms with E-state index in [0.717, 1.165) is 29.6 Å². The molecule has 4 nitrogen and oxygen atoms in total. The molecule has 1 heterocycles. The maximum atomic E-state index is 12.4. The highest BCUT2D eigenvalue weighted by atomic mass is 35.5. The number of carbonyl (C=O) groups excluding carboxylic acids is 1. The van der Waals surface area contributed by atoms with E-state index in [1.807, 2.05) is 0 Å². The van der Waals surface area contributed by atoms with E-state index in [1.165, 1.54) is 0 Å². The quantitative estimate of drug-likeness (QED) is 0.882. The number of alkyl halides is 3. The number of rotatable bonds is 4. The van der Waals surface area contributed by atoms with Crippen molar-refractivity contribution in [2.75, 3.05) is 6.54 Å². The lowest BCUT2D eigenvalue weighted by Crippen LogP contribution is -2.31. The SMILES string of the molecule is Cl.NC1CCC(C(=O)NCCc2nc(C(F)(F)F)cs2)C1. The Kier molecular flexibility index (Phi) is 6.42. The molecule has 1 aromatic heterocycles. The predicted molar refractivity (Wildman–Crippen MR) is 76.4 cm³/mol. The largest absolute Gasteiger partial charge is 0.434 e. The van der Waals surface area contributed by atoms with Gasteiger partial charge in [0.1, 0.15) is 0 Å². The molecular formula is C12H17ClF3N3OS. The Morgan fingerprint density at radius 1 is 1.48 bits per heavy atom. The lowest BCUT2D eigenvalue weighted by molar-refractivity contribution is -0.140. The third kappa shape index (κ3) is 5.12. The van der Waals surface area contributed by atoms with E-state index in [-0.39, 0.29) is 30.3 Å². The molecule has 21 heavy (non-hydrogen) atoms. The summed E-state index contributed by atoms with van der Waals surface area (Å²) in [7, 11) is 0. The van der Waals surface area contributed by atoms with Gasteiger partial charge in [-0.2, -0.15) is 13.2 Å². The summed E-state index contributed by atoms with van der Waals surface area (Å²) in [5.74, 6) is -0.127. The van der Waals surface area contributed by atoms with Gasteiger partial charge < -0.3 is 11.1 Å². The normalized spacial score (nSPS) is 21.9. The van der Waals surface area contributed by atoms with Crippen LogP contribution in [-0.4, -0.2) is 23.5 Å². The highest BCUT2D eigenvalue weighted by Crippen LogP contribution is 2.30. The van der Waals surface area contributed by atoms with Gasteiger partial charge in [0, 0.05) is 30.3 Å². The first-order chi connectivity index (χ1) is 9.36. The molecule has 1 aromatic rings. The summed E-state index contributed by atoms with van der Waals surface area (Å²) < 4.78 is 37.1. The topological polar surface area (TPSA) is 68.0 Å². The third-order valence-corrected chi connectivity index (χ3v) is 4.23. The lowest BCUT2D eigenvalue weighted by atomic mass is 10.1. The minimum absolute atomic E-state index is 0. The summed E-state index contributed by atoms with van der Waals surface area (Å²) in [6.45, 7) is 0.301. The van der Waals surface area contributed by atoms with Gasteiger partial charge >= 0.3 is 6.18 Å². The number of halogens is 4. The zero-order chi connectivity index (χ0) is 14.8. The highest BCUT2D eigenvalue weighted by molar-refractivity contribution is 7.09. The van der Waals surface area contributed by atoms with E-state index in [0.29, 0.717) is 24.4 Å². The number of nitrogens with two attached hydrogens (primary N) is 1. The van der Waals surface area contributed by atoms with Gasteiger partial charge in [0.05, 0.1) is 5.01 Å². The van der Waals surface area contributed by atoms with Crippen molar-refractivity contribution >= 4 is 29.7 Å². The summed E-state index contributed by atoms with van der Waals surface area (Å²) >= 11 is 0.958. The molecule has 1 aliphatic carbocycles. The van der Waals surface area contributed by atoms with Gasteiger partial charge in [-0.15, -0.1) is 23.7 Å². The number of aromatic nitrogens is 1. The molecule has 2 rings (SSSR count). The zero-order valence-corrected chi connectivity index (χ0v) is 12.8. The number of carbonyl (C=O) groups is 1. The van der Waals surface area contributed by atoms with Crippen molar-refractivity contribution in [1.29, 1.82) is 0 Å². The molecule has 0 aliphatic heterocycles. The first-order valence-electron chi connectivity index (χ1n) is 6.41. The summed E-state index contributed by atoms with van der Waals surface area (Å²) in [6.07, 6.45) is -1.79. The van der Waals surface area contributed by atoms with E-state index in [1.54, 1.807) is 0 Å². The minimum atomic E-state index is -4.40. The molecule has 1 saturated carbocycles. The Labute approximate surface area is 130 Å². The molecule has 2 atom stereocenters. The van der Waals surface area contributed by atoms with Crippen molar-refractivity contribution in [3.05, 3.63) is 16.1 Å². The molecule has 0 spiro atoms. The van der Waals surface area contributed by atoms with Crippen molar-refractivity contribution in [3.8, 4) is 0 Å². The van der Waals surface area contributed by atoms with Crippen molar-refractivity contribution in [1.82, 2.24) is 10.3 Å². The number of nitrogens with zero attached hydrogens (tertiary/aromatic N) is 1. The number of thiazole rings is 1. The molecule has 1 aliphatic rings. The predicted octanol–water partition coefficient (Wildman–Crippen LogP) is 2.37. The summed E-state index contributed by atoms with van der Waals surface area (Å²) in [5.41, 5.74) is 4.86. The van der Waals surface area contributed by atoms with Crippen LogP contribution >= 0.6 is 23.7 Å². The van der Waals surface area contributed by atoms with Crippen LogP contribution in [0, 0.1) is 5.92 Å². The smallest absolute Gasteiger partial charge is 0.355 e. The van der Waals surface area contributed by atoms with Crippen molar-refractivity contribution in [3.63, 3.8) is 0 Å². The van der Waals surface area contributed by atoms with E-state index in [4.69, 9.17) is 5.73 Å². The number of amides is 1. The fourth-order valence-corrected chi connectivity index (χ4v) is 3.05. The van der Waals surface area contributed by atoms with Crippen molar-refractivity contribution < 1.29 is 18.0 Å². The molecule has 9 heteroatoms. The Morgan fingerprint density at radius 3 is 2.71 bits per heavy atom. The van der Waals surface area contributed by atoms with Gasteiger partial charge in [0.25, 0.3) is 0 Å². The summed E-state index contributed by atoms with van der Waals surface area (Å²) in [6, 6.07) is 0.0825. The molecule has 0 saturated heterocycles. The van der Waals surface area contributed by atoms with Crippen molar-refractivity contribution in [2.45, 2.75) is 37.9 Å². The van der Waals surface area contributed by atoms with Crippen LogP contribution in [0.1, 0.15) is 30.0 Å². The zero-order valence-electron chi connectivity index (χ0n) is 11.2. The number of hydrogen-bond donors (Lipinski definition) is 2. The Hall–Kier alpha value is -0.860. The van der Waals surface area contributed by atoms with Gasteiger partial charge in [-0.25, -0.2) is 4.98 Å². The highest BCUT2D eigenvalue weighted by Gasteiger charge is 2.33. The number of nitrogens with one attached hydrogen (secondary N) is 1. The van der Waals surface area contributed by atoms with E-state index >= 15 is 0 Å². The Morgan fingerprint density at radius 2 is 2.19 bits per heavy atom. The number of hydrogen-bond acceptors (Lipinski definition) is 4. The maximum Gasteiger partial charge on any atom is 0.434 e. The minimum Gasteiger partial charge on any atom is -0.355 e. The molecule has 0 bridgehead atoms. The van der Waals surface area contributed by atoms with Crippen molar-refractivity contribution in [2.24, 2.45) is 11.7 Å². The Balaban J connectivity index is 0.00000220. The molecule has 0 radical (unpaired) electrons. The second kappa shape index (κ2) is 7.42. The van der Waals surface area contributed by atoms with Crippen LogP contribution in [0.15, 0.2) is 5.38 Å². The molecule has 0 aromatic carbocycles. The van der Waals surface area contributed by atoms with E-state index in [9.17, 15) is 18.0 Å². The van der Waals surface area contributed by atoms with Crippen LogP contribution in [0.3, 0.4) is 0 Å². The molecular weight excluding hydrogens is 327 g/mol. The van der Waals surface area contributed by atoms with Gasteiger partial charge in [-0.3, -0.25) is 4.79 Å². The molecule has 2 unspecified atom stereocenters. The Bertz CT molecular complexity index is 481. The van der Waals surface area contributed by atoms with E-state index in [2.05, 4.69) is 10.3 Å². The van der Waals surface area contributed by atoms with Crippen LogP contribution in [0.2, 0.25) is 0 Å². The van der Waals surface area contributed by atoms with Gasteiger partial charge in [-0.1, -0.05) is 0 Å². The molecule has 3 N–H and O–H groups in total. The second-order valence-corrected chi connectivity index (χ2v) is 5.88. The maximum absolute atomic E-state index is 12.4. The average Bonchev–Trinajstić information content (AvgIpc) is 2.97.